The van der Waals surface area contributed by atoms with Gasteiger partial charge in [0, 0.05) is 13.6 Å². The molecule has 0 aromatic carbocycles. The molecule has 2 aromatic heterocycles. The summed E-state index contributed by atoms with van der Waals surface area (Å²) in [6, 6.07) is 0. The van der Waals surface area contributed by atoms with Gasteiger partial charge in [-0.3, -0.25) is 4.68 Å². The van der Waals surface area contributed by atoms with E-state index in [1.165, 1.54) is 12.8 Å². The van der Waals surface area contributed by atoms with Crippen LogP contribution in [0.3, 0.4) is 0 Å². The highest BCUT2D eigenvalue weighted by molar-refractivity contribution is 6.16. The molecule has 19 heavy (non-hydrogen) atoms. The highest BCUT2D eigenvalue weighted by atomic mass is 35.5. The summed E-state index contributed by atoms with van der Waals surface area (Å²) >= 11 is 6.07. The van der Waals surface area contributed by atoms with Crippen LogP contribution in [0.5, 0.6) is 0 Å². The maximum absolute atomic E-state index is 6.07. The first-order valence-electron chi connectivity index (χ1n) is 7.12. The third kappa shape index (κ3) is 2.16. The second kappa shape index (κ2) is 4.82. The van der Waals surface area contributed by atoms with Crippen LogP contribution >= 0.6 is 11.6 Å². The number of hydrogen-bond acceptors (Lipinski definition) is 2. The Morgan fingerprint density at radius 1 is 1.42 bits per heavy atom. The molecule has 2 heterocycles. The third-order valence-corrected chi connectivity index (χ3v) is 4.46. The molecule has 0 amide bonds. The quantitative estimate of drug-likeness (QED) is 0.789. The summed E-state index contributed by atoms with van der Waals surface area (Å²) < 4.78 is 4.23. The van der Waals surface area contributed by atoms with Gasteiger partial charge in [-0.1, -0.05) is 13.8 Å². The fraction of sp³-hybridized carbons (Fsp3) is 0.714. The number of aryl methyl sites for hydroxylation is 2. The molecular weight excluding hydrogens is 260 g/mol. The van der Waals surface area contributed by atoms with Gasteiger partial charge in [0.25, 0.3) is 0 Å². The van der Waals surface area contributed by atoms with Crippen molar-refractivity contribution in [2.24, 2.45) is 18.9 Å². The summed E-state index contributed by atoms with van der Waals surface area (Å²) in [5.74, 6) is 3.03. The Balaban J connectivity index is 2.06. The minimum atomic E-state index is 0.467. The van der Waals surface area contributed by atoms with Gasteiger partial charge in [-0.05, 0) is 31.1 Å². The van der Waals surface area contributed by atoms with Crippen LogP contribution in [0.4, 0.5) is 0 Å². The molecule has 0 spiro atoms. The van der Waals surface area contributed by atoms with Crippen LogP contribution < -0.4 is 0 Å². The van der Waals surface area contributed by atoms with E-state index in [0.717, 1.165) is 41.6 Å². The number of nitrogens with zero attached hydrogens (tertiary/aromatic N) is 4. The zero-order valence-corrected chi connectivity index (χ0v) is 12.6. The Labute approximate surface area is 118 Å². The largest absolute Gasteiger partial charge is 0.312 e. The molecule has 2 aromatic rings. The van der Waals surface area contributed by atoms with Crippen molar-refractivity contribution in [1.82, 2.24) is 19.3 Å². The normalized spacial score (nSPS) is 17.3. The van der Waals surface area contributed by atoms with Gasteiger partial charge in [0.1, 0.15) is 11.3 Å². The topological polar surface area (TPSA) is 35.6 Å². The molecule has 1 aliphatic rings. The first-order valence-corrected chi connectivity index (χ1v) is 7.66. The Hall–Kier alpha value is -1.03. The summed E-state index contributed by atoms with van der Waals surface area (Å²) in [7, 11) is 2.00. The molecule has 0 N–H and O–H groups in total. The summed E-state index contributed by atoms with van der Waals surface area (Å²) in [6.07, 6.45) is 3.66. The summed E-state index contributed by atoms with van der Waals surface area (Å²) in [5, 5.41) is 4.56. The van der Waals surface area contributed by atoms with Crippen LogP contribution in [-0.4, -0.2) is 19.3 Å². The lowest BCUT2D eigenvalue weighted by molar-refractivity contribution is 0.427. The van der Waals surface area contributed by atoms with Crippen LogP contribution in [0.25, 0.3) is 11.2 Å². The van der Waals surface area contributed by atoms with E-state index in [-0.39, 0.29) is 0 Å². The van der Waals surface area contributed by atoms with E-state index in [9.17, 15) is 0 Å². The van der Waals surface area contributed by atoms with Crippen LogP contribution in [0.15, 0.2) is 0 Å². The molecule has 0 radical (unpaired) electrons. The van der Waals surface area contributed by atoms with Crippen molar-refractivity contribution in [2.45, 2.75) is 45.5 Å². The van der Waals surface area contributed by atoms with Gasteiger partial charge >= 0.3 is 0 Å². The lowest BCUT2D eigenvalue weighted by Crippen LogP contribution is -2.13. The molecule has 1 unspecified atom stereocenters. The van der Waals surface area contributed by atoms with Crippen LogP contribution in [0.2, 0.25) is 0 Å². The Kier molecular flexibility index (Phi) is 3.29. The highest BCUT2D eigenvalue weighted by Crippen LogP contribution is 2.38. The van der Waals surface area contributed by atoms with Crippen molar-refractivity contribution in [3.63, 3.8) is 0 Å². The average Bonchev–Trinajstić information content (AvgIpc) is 3.12. The van der Waals surface area contributed by atoms with Crippen LogP contribution in [-0.2, 0) is 25.9 Å². The van der Waals surface area contributed by atoms with Gasteiger partial charge in [0.05, 0.1) is 11.6 Å². The molecule has 0 saturated heterocycles. The highest BCUT2D eigenvalue weighted by Gasteiger charge is 2.29. The minimum Gasteiger partial charge on any atom is -0.312 e. The van der Waals surface area contributed by atoms with Gasteiger partial charge in [0.2, 0.25) is 0 Å². The van der Waals surface area contributed by atoms with Gasteiger partial charge in [-0.25, -0.2) is 4.98 Å². The molecule has 3 rings (SSSR count). The number of imidazole rings is 1. The number of halogens is 1. The van der Waals surface area contributed by atoms with Crippen LogP contribution in [0.1, 0.15) is 38.2 Å². The van der Waals surface area contributed by atoms with Gasteiger partial charge in [-0.15, -0.1) is 11.6 Å². The van der Waals surface area contributed by atoms with Crippen molar-refractivity contribution < 1.29 is 0 Å². The van der Waals surface area contributed by atoms with Crippen molar-refractivity contribution in [3.8, 4) is 0 Å². The second-order valence-electron chi connectivity index (χ2n) is 5.68. The summed E-state index contributed by atoms with van der Waals surface area (Å²) in [4.78, 5) is 4.70. The average molecular weight is 281 g/mol. The monoisotopic (exact) mass is 280 g/mol. The van der Waals surface area contributed by atoms with Gasteiger partial charge in [-0.2, -0.15) is 5.10 Å². The molecule has 1 aliphatic carbocycles. The SMILES string of the molecule is CCc1nn(C)c2c1nc(CCl)n2CC(C)C1CC1. The molecule has 1 fully saturated rings. The van der Waals surface area contributed by atoms with E-state index in [0.29, 0.717) is 11.8 Å². The van der Waals surface area contributed by atoms with Crippen molar-refractivity contribution in [3.05, 3.63) is 11.5 Å². The maximum atomic E-state index is 6.07. The Morgan fingerprint density at radius 3 is 2.74 bits per heavy atom. The van der Waals surface area contributed by atoms with Crippen molar-refractivity contribution in [2.75, 3.05) is 0 Å². The standard InChI is InChI=1S/C14H21ClN4/c1-4-11-13-14(18(3)17-11)19(12(7-15)16-13)8-9(2)10-5-6-10/h9-10H,4-8H2,1-3H3. The molecule has 1 saturated carbocycles. The first kappa shape index (κ1) is 13.0. The maximum Gasteiger partial charge on any atom is 0.158 e. The molecule has 0 aliphatic heterocycles. The van der Waals surface area contributed by atoms with E-state index >= 15 is 0 Å². The predicted molar refractivity (Wildman–Crippen MR) is 77.3 cm³/mol. The summed E-state index contributed by atoms with van der Waals surface area (Å²) in [6.45, 7) is 5.46. The number of alkyl halides is 1. The van der Waals surface area contributed by atoms with E-state index in [4.69, 9.17) is 16.6 Å². The second-order valence-corrected chi connectivity index (χ2v) is 5.95. The number of aromatic nitrogens is 4. The Morgan fingerprint density at radius 2 is 2.16 bits per heavy atom. The lowest BCUT2D eigenvalue weighted by atomic mass is 10.1. The molecular formula is C14H21ClN4. The number of hydrogen-bond donors (Lipinski definition) is 0. The molecule has 4 nitrogen and oxygen atoms in total. The van der Waals surface area contributed by atoms with E-state index in [1.54, 1.807) is 0 Å². The zero-order valence-electron chi connectivity index (χ0n) is 11.9. The molecule has 1 atom stereocenters. The van der Waals surface area contributed by atoms with Crippen molar-refractivity contribution in [1.29, 1.82) is 0 Å². The zero-order chi connectivity index (χ0) is 13.6. The molecule has 0 bridgehead atoms. The smallest absolute Gasteiger partial charge is 0.158 e. The molecule has 5 heteroatoms. The van der Waals surface area contributed by atoms with Crippen LogP contribution in [0, 0.1) is 11.8 Å². The van der Waals surface area contributed by atoms with Gasteiger partial charge in [0.15, 0.2) is 5.65 Å². The minimum absolute atomic E-state index is 0.467. The fourth-order valence-electron chi connectivity index (χ4n) is 2.92. The van der Waals surface area contributed by atoms with Gasteiger partial charge < -0.3 is 4.57 Å². The molecule has 104 valence electrons. The summed E-state index contributed by atoms with van der Waals surface area (Å²) in [5.41, 5.74) is 3.23. The predicted octanol–water partition coefficient (Wildman–Crippen LogP) is 3.12. The lowest BCUT2D eigenvalue weighted by Gasteiger charge is -2.14. The van der Waals surface area contributed by atoms with Crippen molar-refractivity contribution >= 4 is 22.8 Å². The fourth-order valence-corrected chi connectivity index (χ4v) is 3.13. The number of fused-ring (bicyclic) bond motifs is 1. The number of rotatable bonds is 5. The Bertz CT molecular complexity index is 594. The van der Waals surface area contributed by atoms with E-state index in [1.807, 2.05) is 11.7 Å². The first-order chi connectivity index (χ1) is 9.15. The van der Waals surface area contributed by atoms with E-state index < -0.39 is 0 Å². The third-order valence-electron chi connectivity index (χ3n) is 4.22. The van der Waals surface area contributed by atoms with E-state index in [2.05, 4.69) is 23.5 Å².